The number of Topliss-reactive ketones (excluding diaryl/α,β-unsaturated/α-hetero) is 1. The molecule has 0 spiro atoms. The lowest BCUT2D eigenvalue weighted by molar-refractivity contribution is -0.205. The van der Waals surface area contributed by atoms with E-state index in [1.807, 2.05) is 37.3 Å². The number of rotatable bonds is 8. The van der Waals surface area contributed by atoms with E-state index in [0.29, 0.717) is 19.4 Å². The van der Waals surface area contributed by atoms with E-state index in [1.165, 1.54) is 11.8 Å². The molecule has 7 nitrogen and oxygen atoms in total. The monoisotopic (exact) mass is 610 g/mol. The zero-order chi connectivity index (χ0) is 31.0. The first-order chi connectivity index (χ1) is 20.4. The van der Waals surface area contributed by atoms with Gasteiger partial charge in [-0.25, -0.2) is 0 Å². The Morgan fingerprint density at radius 1 is 1.21 bits per heavy atom. The molecule has 1 saturated heterocycles. The molecule has 3 unspecified atom stereocenters. The Labute approximate surface area is 261 Å². The number of aliphatic hydroxyl groups excluding tert-OH is 1. The van der Waals surface area contributed by atoms with Gasteiger partial charge in [-0.1, -0.05) is 52.3 Å². The molecule has 0 aromatic heterocycles. The smallest absolute Gasteiger partial charge is 0.316 e. The first kappa shape index (κ1) is 32.2. The summed E-state index contributed by atoms with van der Waals surface area (Å²) in [5.74, 6) is 0.0181. The van der Waals surface area contributed by atoms with Crippen LogP contribution in [-0.4, -0.2) is 53.3 Å². The summed E-state index contributed by atoms with van der Waals surface area (Å²) >= 11 is 1.42. The number of hydrogen-bond donors (Lipinski definition) is 3. The fourth-order valence-electron chi connectivity index (χ4n) is 8.97. The first-order valence-corrected chi connectivity index (χ1v) is 17.2. The van der Waals surface area contributed by atoms with Crippen molar-refractivity contribution < 1.29 is 24.2 Å². The fraction of sp³-hybridized carbons (Fsp3) is 0.686. The minimum Gasteiger partial charge on any atom is -0.461 e. The van der Waals surface area contributed by atoms with E-state index in [9.17, 15) is 19.5 Å². The Bertz CT molecular complexity index is 1230. The van der Waals surface area contributed by atoms with Gasteiger partial charge in [0.05, 0.1) is 17.9 Å². The maximum atomic E-state index is 13.6. The summed E-state index contributed by atoms with van der Waals surface area (Å²) in [7, 11) is 0. The van der Waals surface area contributed by atoms with Crippen molar-refractivity contribution in [1.82, 2.24) is 10.6 Å². The number of aliphatic hydroxyl groups is 1. The highest BCUT2D eigenvalue weighted by Crippen LogP contribution is 2.68. The molecule has 4 fully saturated rings. The lowest BCUT2D eigenvalue weighted by Gasteiger charge is -2.61. The highest BCUT2D eigenvalue weighted by atomic mass is 32.2. The number of benzene rings is 1. The van der Waals surface area contributed by atoms with Crippen LogP contribution in [0.15, 0.2) is 41.8 Å². The molecule has 9 atom stereocenters. The summed E-state index contributed by atoms with van der Waals surface area (Å²) < 4.78 is 6.38. The van der Waals surface area contributed by atoms with Crippen LogP contribution in [0, 0.1) is 34.0 Å². The second kappa shape index (κ2) is 12.7. The highest BCUT2D eigenvalue weighted by Gasteiger charge is 2.68. The van der Waals surface area contributed by atoms with Crippen LogP contribution in [0.4, 0.5) is 0 Å². The molecule has 2 bridgehead atoms. The van der Waals surface area contributed by atoms with Crippen LogP contribution < -0.4 is 10.6 Å². The van der Waals surface area contributed by atoms with Gasteiger partial charge in [-0.3, -0.25) is 14.4 Å². The molecule has 1 heterocycles. The minimum absolute atomic E-state index is 0.0294. The zero-order valence-corrected chi connectivity index (χ0v) is 27.1. The largest absolute Gasteiger partial charge is 0.461 e. The molecule has 1 aromatic rings. The molecular formula is C35H50N2O5S. The first-order valence-electron chi connectivity index (χ1n) is 16.2. The van der Waals surface area contributed by atoms with E-state index in [-0.39, 0.29) is 52.6 Å². The third kappa shape index (κ3) is 5.96. The van der Waals surface area contributed by atoms with Gasteiger partial charge < -0.3 is 20.5 Å². The maximum Gasteiger partial charge on any atom is 0.316 e. The molecule has 1 amide bonds. The summed E-state index contributed by atoms with van der Waals surface area (Å²) in [6.45, 7) is 13.9. The second-order valence-electron chi connectivity index (χ2n) is 14.2. The number of ketones is 1. The average Bonchev–Trinajstić information content (AvgIpc) is 3.37. The number of amides is 1. The van der Waals surface area contributed by atoms with E-state index in [1.54, 1.807) is 0 Å². The molecule has 43 heavy (non-hydrogen) atoms. The Hall–Kier alpha value is -2.16. The van der Waals surface area contributed by atoms with Gasteiger partial charge in [0.25, 0.3) is 0 Å². The number of thioether (sulfide) groups is 1. The van der Waals surface area contributed by atoms with Crippen molar-refractivity contribution in [2.24, 2.45) is 34.0 Å². The number of carbonyl (C=O) groups is 3. The average molecular weight is 611 g/mol. The lowest BCUT2D eigenvalue weighted by Crippen LogP contribution is -2.63. The number of nitrogens with one attached hydrogen (secondary N) is 2. The number of hydrogen-bond acceptors (Lipinski definition) is 7. The zero-order valence-electron chi connectivity index (χ0n) is 26.3. The minimum atomic E-state index is -0.677. The standard InChI is InChI=1S/C35H50N2O5S/c1-6-33(4)19-28(34(5)22(2)13-15-35(23(3)31(33)40)16-14-27(38)30(34)35)42-29(39)21-43-25-11-9-10-24(18-25)20-37-32(41)26-12-7-8-17-36-26/h6,9-11,18,22-23,26,28,30-31,36,40H,1,7-8,12-17,19-21H2,2-5H3,(H,37,41)/t22?,23-,26+,28+,30?,31-,33+,34-,35?/m0/s1. The molecule has 8 heteroatoms. The van der Waals surface area contributed by atoms with Gasteiger partial charge in [-0.2, -0.15) is 0 Å². The van der Waals surface area contributed by atoms with Gasteiger partial charge in [0.1, 0.15) is 11.9 Å². The van der Waals surface area contributed by atoms with Crippen LogP contribution >= 0.6 is 11.8 Å². The van der Waals surface area contributed by atoms with Crippen LogP contribution in [0.2, 0.25) is 0 Å². The van der Waals surface area contributed by atoms with Crippen LogP contribution in [-0.2, 0) is 25.7 Å². The van der Waals surface area contributed by atoms with E-state index < -0.39 is 23.0 Å². The summed E-state index contributed by atoms with van der Waals surface area (Å²) in [5.41, 5.74) is -0.473. The third-order valence-electron chi connectivity index (χ3n) is 11.9. The quantitative estimate of drug-likeness (QED) is 0.204. The van der Waals surface area contributed by atoms with Crippen molar-refractivity contribution in [3.05, 3.63) is 42.5 Å². The van der Waals surface area contributed by atoms with Crippen molar-refractivity contribution in [1.29, 1.82) is 0 Å². The van der Waals surface area contributed by atoms with Crippen LogP contribution in [0.5, 0.6) is 0 Å². The van der Waals surface area contributed by atoms with E-state index in [2.05, 4.69) is 38.0 Å². The Morgan fingerprint density at radius 3 is 2.72 bits per heavy atom. The Kier molecular flexibility index (Phi) is 9.51. The van der Waals surface area contributed by atoms with Crippen LogP contribution in [0.25, 0.3) is 0 Å². The fourth-order valence-corrected chi connectivity index (χ4v) is 9.73. The van der Waals surface area contributed by atoms with Crippen molar-refractivity contribution in [2.45, 2.75) is 109 Å². The van der Waals surface area contributed by atoms with Crippen molar-refractivity contribution in [3.8, 4) is 0 Å². The predicted molar refractivity (Wildman–Crippen MR) is 169 cm³/mol. The summed E-state index contributed by atoms with van der Waals surface area (Å²) in [5, 5.41) is 18.0. The maximum absolute atomic E-state index is 13.6. The van der Waals surface area contributed by atoms with Crippen molar-refractivity contribution in [3.63, 3.8) is 0 Å². The van der Waals surface area contributed by atoms with Gasteiger partial charge >= 0.3 is 5.97 Å². The second-order valence-corrected chi connectivity index (χ2v) is 15.3. The molecule has 0 radical (unpaired) electrons. The number of carbonyl (C=O) groups excluding carboxylic acids is 3. The molecule has 3 N–H and O–H groups in total. The molecule has 5 rings (SSSR count). The molecule has 3 saturated carbocycles. The summed E-state index contributed by atoms with van der Waals surface area (Å²) in [6, 6.07) is 7.76. The highest BCUT2D eigenvalue weighted by molar-refractivity contribution is 8.00. The molecular weight excluding hydrogens is 560 g/mol. The molecule has 4 aliphatic rings. The Morgan fingerprint density at radius 2 is 2.00 bits per heavy atom. The van der Waals surface area contributed by atoms with Gasteiger partial charge in [0, 0.05) is 34.6 Å². The summed E-state index contributed by atoms with van der Waals surface area (Å²) in [4.78, 5) is 40.6. The van der Waals surface area contributed by atoms with E-state index >= 15 is 0 Å². The van der Waals surface area contributed by atoms with Crippen LogP contribution in [0.1, 0.15) is 84.6 Å². The number of esters is 1. The predicted octanol–water partition coefficient (Wildman–Crippen LogP) is 5.44. The molecule has 3 aliphatic carbocycles. The van der Waals surface area contributed by atoms with Crippen molar-refractivity contribution >= 4 is 29.4 Å². The number of piperidine rings is 1. The Balaban J connectivity index is 1.29. The molecule has 1 aromatic carbocycles. The molecule has 236 valence electrons. The van der Waals surface area contributed by atoms with E-state index in [0.717, 1.165) is 55.5 Å². The van der Waals surface area contributed by atoms with Crippen molar-refractivity contribution in [2.75, 3.05) is 12.3 Å². The lowest BCUT2D eigenvalue weighted by atomic mass is 9.44. The van der Waals surface area contributed by atoms with Crippen LogP contribution in [0.3, 0.4) is 0 Å². The normalized spacial score (nSPS) is 39.2. The number of ether oxygens (including phenoxy) is 1. The van der Waals surface area contributed by atoms with Gasteiger partial charge in [0.2, 0.25) is 5.91 Å². The van der Waals surface area contributed by atoms with Gasteiger partial charge in [-0.15, -0.1) is 18.3 Å². The van der Waals surface area contributed by atoms with Gasteiger partial charge in [-0.05, 0) is 80.0 Å². The molecule has 1 aliphatic heterocycles. The van der Waals surface area contributed by atoms with Gasteiger partial charge in [0.15, 0.2) is 0 Å². The summed E-state index contributed by atoms with van der Waals surface area (Å²) in [6.07, 6.45) is 7.29. The van der Waals surface area contributed by atoms with E-state index in [4.69, 9.17) is 4.74 Å². The topological polar surface area (TPSA) is 105 Å². The third-order valence-corrected chi connectivity index (χ3v) is 12.9. The SMILES string of the molecule is C=C[C@]1(C)C[C@@H](OC(=O)CSc2cccc(CNC(=O)[C@H]3CCCCN3)c2)[C@]2(C)C(C)CCC3(CCC(=O)C32)[C@@H](C)[C@@H]1O.